The standard InChI is InChI=1S/C45H82NO7P/c1-3-5-7-9-11-13-15-17-19-21-22-23-24-26-28-30-32-34-36-38-45(47)53-44(43-52-54(48,49)51-41-39-46)42-50-40-37-35-33-31-29-27-25-20-18-16-14-12-10-8-6-4-2/h6,8,11-14,17-20,44H,3-5,7,9-10,15-16,21-43,46H2,1-2H3,(H,48,49)/b8-6-,13-11-,14-12-,19-17-,20-18-. The third-order valence-electron chi connectivity index (χ3n) is 8.92. The van der Waals surface area contributed by atoms with Crippen molar-refractivity contribution in [1.29, 1.82) is 0 Å². The molecule has 0 spiro atoms. The van der Waals surface area contributed by atoms with Gasteiger partial charge in [-0.3, -0.25) is 13.8 Å². The van der Waals surface area contributed by atoms with Crippen LogP contribution in [-0.2, 0) is 27.9 Å². The monoisotopic (exact) mass is 780 g/mol. The first-order valence-corrected chi connectivity index (χ1v) is 23.3. The van der Waals surface area contributed by atoms with Crippen LogP contribution in [0.15, 0.2) is 60.8 Å². The lowest BCUT2D eigenvalue weighted by Crippen LogP contribution is -2.28. The van der Waals surface area contributed by atoms with Gasteiger partial charge >= 0.3 is 13.8 Å². The molecule has 2 atom stereocenters. The number of rotatable bonds is 41. The van der Waals surface area contributed by atoms with Gasteiger partial charge in [-0.15, -0.1) is 0 Å². The highest BCUT2D eigenvalue weighted by Crippen LogP contribution is 2.43. The second-order valence-electron chi connectivity index (χ2n) is 14.2. The summed E-state index contributed by atoms with van der Waals surface area (Å²) in [4.78, 5) is 22.5. The zero-order chi connectivity index (χ0) is 39.5. The lowest BCUT2D eigenvalue weighted by Gasteiger charge is -2.20. The first-order chi connectivity index (χ1) is 26.4. The molecule has 0 saturated carbocycles. The van der Waals surface area contributed by atoms with Crippen molar-refractivity contribution in [2.24, 2.45) is 5.73 Å². The summed E-state index contributed by atoms with van der Waals surface area (Å²) in [5.74, 6) is -0.342. The molecule has 0 rings (SSSR count). The third-order valence-corrected chi connectivity index (χ3v) is 9.90. The Morgan fingerprint density at radius 2 is 1.04 bits per heavy atom. The molecule has 54 heavy (non-hydrogen) atoms. The molecule has 0 aliphatic heterocycles. The summed E-state index contributed by atoms with van der Waals surface area (Å²) in [5.41, 5.74) is 5.37. The van der Waals surface area contributed by atoms with Gasteiger partial charge in [0.05, 0.1) is 19.8 Å². The van der Waals surface area contributed by atoms with E-state index in [-0.39, 0.29) is 32.3 Å². The predicted molar refractivity (Wildman–Crippen MR) is 229 cm³/mol. The van der Waals surface area contributed by atoms with E-state index in [1.54, 1.807) is 0 Å². The molecule has 0 radical (unpaired) electrons. The van der Waals surface area contributed by atoms with Crippen LogP contribution in [0.25, 0.3) is 0 Å². The largest absolute Gasteiger partial charge is 0.472 e. The van der Waals surface area contributed by atoms with E-state index >= 15 is 0 Å². The van der Waals surface area contributed by atoms with Gasteiger partial charge in [0, 0.05) is 19.6 Å². The van der Waals surface area contributed by atoms with E-state index in [0.717, 1.165) is 70.6 Å². The Bertz CT molecular complexity index is 1010. The number of unbranched alkanes of at least 4 members (excludes halogenated alkanes) is 18. The summed E-state index contributed by atoms with van der Waals surface area (Å²) < 4.78 is 33.4. The molecule has 0 bridgehead atoms. The number of allylic oxidation sites excluding steroid dienone is 10. The Morgan fingerprint density at radius 3 is 1.56 bits per heavy atom. The van der Waals surface area contributed by atoms with Gasteiger partial charge in [0.1, 0.15) is 6.10 Å². The summed E-state index contributed by atoms with van der Waals surface area (Å²) in [7, 11) is -4.28. The molecule has 0 heterocycles. The van der Waals surface area contributed by atoms with Gasteiger partial charge in [-0.05, 0) is 77.0 Å². The molecule has 0 fully saturated rings. The molecule has 0 aromatic carbocycles. The van der Waals surface area contributed by atoms with E-state index in [2.05, 4.69) is 74.6 Å². The molecular formula is C45H82NO7P. The number of hydrogen-bond acceptors (Lipinski definition) is 7. The van der Waals surface area contributed by atoms with Gasteiger partial charge < -0.3 is 20.1 Å². The van der Waals surface area contributed by atoms with Crippen LogP contribution >= 0.6 is 7.82 Å². The molecule has 0 amide bonds. The average molecular weight is 780 g/mol. The summed E-state index contributed by atoms with van der Waals surface area (Å²) in [6.45, 7) is 4.75. The Hall–Kier alpha value is -1.80. The summed E-state index contributed by atoms with van der Waals surface area (Å²) in [6.07, 6.45) is 50.9. The lowest BCUT2D eigenvalue weighted by atomic mass is 10.1. The normalized spacial score (nSPS) is 14.1. The first kappa shape index (κ1) is 52.2. The molecule has 0 aromatic heterocycles. The van der Waals surface area contributed by atoms with Crippen molar-refractivity contribution in [3.8, 4) is 0 Å². The van der Waals surface area contributed by atoms with E-state index in [1.807, 2.05) is 0 Å². The van der Waals surface area contributed by atoms with Crippen LogP contribution in [0.1, 0.15) is 181 Å². The van der Waals surface area contributed by atoms with E-state index < -0.39 is 13.9 Å². The van der Waals surface area contributed by atoms with E-state index in [4.69, 9.17) is 24.3 Å². The third kappa shape index (κ3) is 41.4. The van der Waals surface area contributed by atoms with Crippen molar-refractivity contribution in [2.45, 2.75) is 187 Å². The molecule has 8 nitrogen and oxygen atoms in total. The Kier molecular flexibility index (Phi) is 40.9. The maximum Gasteiger partial charge on any atom is 0.472 e. The SMILES string of the molecule is CC/C=C\C/C=C\C/C=C\CCCCCCCCOCC(COP(=O)(O)OCCN)OC(=O)CCCCCCCCCCC/C=C\C/C=C\CCCCC. The number of nitrogens with two attached hydrogens (primary N) is 1. The van der Waals surface area contributed by atoms with Gasteiger partial charge in [-0.25, -0.2) is 4.57 Å². The first-order valence-electron chi connectivity index (χ1n) is 21.8. The fourth-order valence-electron chi connectivity index (χ4n) is 5.75. The van der Waals surface area contributed by atoms with E-state index in [9.17, 15) is 14.3 Å². The van der Waals surface area contributed by atoms with Crippen LogP contribution in [0.3, 0.4) is 0 Å². The highest BCUT2D eigenvalue weighted by molar-refractivity contribution is 7.47. The maximum absolute atomic E-state index is 12.6. The molecule has 2 unspecified atom stereocenters. The highest BCUT2D eigenvalue weighted by atomic mass is 31.2. The van der Waals surface area contributed by atoms with Crippen molar-refractivity contribution in [2.75, 3.05) is 33.0 Å². The van der Waals surface area contributed by atoms with Gasteiger partial charge in [-0.1, -0.05) is 158 Å². The maximum atomic E-state index is 12.6. The van der Waals surface area contributed by atoms with Crippen LogP contribution in [0.2, 0.25) is 0 Å². The molecule has 0 saturated heterocycles. The fraction of sp³-hybridized carbons (Fsp3) is 0.756. The summed E-state index contributed by atoms with van der Waals surface area (Å²) in [6, 6.07) is 0. The number of esters is 1. The molecular weight excluding hydrogens is 697 g/mol. The van der Waals surface area contributed by atoms with Gasteiger partial charge in [-0.2, -0.15) is 0 Å². The highest BCUT2D eigenvalue weighted by Gasteiger charge is 2.25. The molecule has 0 aliphatic rings. The van der Waals surface area contributed by atoms with Crippen LogP contribution in [-0.4, -0.2) is 49.9 Å². The molecule has 3 N–H and O–H groups in total. The molecule has 0 aliphatic carbocycles. The van der Waals surface area contributed by atoms with Crippen LogP contribution in [0.5, 0.6) is 0 Å². The van der Waals surface area contributed by atoms with Crippen LogP contribution < -0.4 is 5.73 Å². The van der Waals surface area contributed by atoms with Gasteiger partial charge in [0.2, 0.25) is 0 Å². The van der Waals surface area contributed by atoms with Crippen molar-refractivity contribution >= 4 is 13.8 Å². The molecule has 314 valence electrons. The second kappa shape index (κ2) is 42.3. The minimum atomic E-state index is -4.28. The number of hydrogen-bond donors (Lipinski definition) is 2. The number of phosphoric ester groups is 1. The number of ether oxygens (including phenoxy) is 2. The van der Waals surface area contributed by atoms with Crippen molar-refractivity contribution in [1.82, 2.24) is 0 Å². The summed E-state index contributed by atoms with van der Waals surface area (Å²) >= 11 is 0. The topological polar surface area (TPSA) is 117 Å². The zero-order valence-electron chi connectivity index (χ0n) is 34.7. The quantitative estimate of drug-likeness (QED) is 0.0273. The van der Waals surface area contributed by atoms with Crippen LogP contribution in [0.4, 0.5) is 0 Å². The van der Waals surface area contributed by atoms with E-state index in [1.165, 1.54) is 89.9 Å². The Labute approximate surface area is 332 Å². The summed E-state index contributed by atoms with van der Waals surface area (Å²) in [5, 5.41) is 0. The fourth-order valence-corrected chi connectivity index (χ4v) is 6.51. The predicted octanol–water partition coefficient (Wildman–Crippen LogP) is 13.0. The van der Waals surface area contributed by atoms with Crippen molar-refractivity contribution < 1.29 is 32.8 Å². The molecule has 0 aromatic rings. The van der Waals surface area contributed by atoms with Gasteiger partial charge in [0.25, 0.3) is 0 Å². The second-order valence-corrected chi connectivity index (χ2v) is 15.6. The Balaban J connectivity index is 4.05. The number of carbonyl (C=O) groups is 1. The number of phosphoric acid groups is 1. The van der Waals surface area contributed by atoms with Crippen LogP contribution in [0, 0.1) is 0 Å². The van der Waals surface area contributed by atoms with E-state index in [0.29, 0.717) is 13.0 Å². The minimum Gasteiger partial charge on any atom is -0.457 e. The Morgan fingerprint density at radius 1 is 0.574 bits per heavy atom. The number of carbonyl (C=O) groups excluding carboxylic acids is 1. The van der Waals surface area contributed by atoms with Crippen molar-refractivity contribution in [3.63, 3.8) is 0 Å². The lowest BCUT2D eigenvalue weighted by molar-refractivity contribution is -0.154. The minimum absolute atomic E-state index is 0.0947. The van der Waals surface area contributed by atoms with Gasteiger partial charge in [0.15, 0.2) is 0 Å². The smallest absolute Gasteiger partial charge is 0.457 e. The molecule has 9 heteroatoms. The zero-order valence-corrected chi connectivity index (χ0v) is 35.6. The van der Waals surface area contributed by atoms with Crippen molar-refractivity contribution in [3.05, 3.63) is 60.8 Å². The average Bonchev–Trinajstić information content (AvgIpc) is 3.16.